The molecule has 5 aromatic carbocycles. The minimum absolute atomic E-state index is 0.0338. The molecule has 50 heavy (non-hydrogen) atoms. The smallest absolute Gasteiger partial charge is 0.323 e. The molecule has 9 heteroatoms. The van der Waals surface area contributed by atoms with Gasteiger partial charge in [0.1, 0.15) is 11.5 Å². The largest absolute Gasteiger partial charge is 0.457 e. The summed E-state index contributed by atoms with van der Waals surface area (Å²) in [4.78, 5) is 15.1. The lowest BCUT2D eigenvalue weighted by molar-refractivity contribution is -0.253. The Balaban J connectivity index is 1.13. The second-order valence-corrected chi connectivity index (χ2v) is 12.5. The van der Waals surface area contributed by atoms with Gasteiger partial charge in [-0.05, 0) is 79.2 Å². The van der Waals surface area contributed by atoms with E-state index in [0.29, 0.717) is 30.1 Å². The van der Waals surface area contributed by atoms with E-state index in [0.717, 1.165) is 28.0 Å². The number of ether oxygens (including phenoxy) is 3. The van der Waals surface area contributed by atoms with Gasteiger partial charge < -0.3 is 35.1 Å². The molecule has 258 valence electrons. The number of carbonyl (C=O) groups is 1. The first-order valence-corrected chi connectivity index (χ1v) is 16.8. The topological polar surface area (TPSA) is 113 Å². The number of amides is 2. The summed E-state index contributed by atoms with van der Waals surface area (Å²) in [5.74, 6) is 1.40. The molecule has 0 spiro atoms. The van der Waals surface area contributed by atoms with Gasteiger partial charge in [0.2, 0.25) is 0 Å². The van der Waals surface area contributed by atoms with Crippen LogP contribution in [0.5, 0.6) is 11.5 Å². The Morgan fingerprint density at radius 1 is 0.800 bits per heavy atom. The van der Waals surface area contributed by atoms with Crippen LogP contribution in [0.1, 0.15) is 54.1 Å². The number of nitrogens with zero attached hydrogens (tertiary/aromatic N) is 1. The molecular formula is C41H43N3O6. The van der Waals surface area contributed by atoms with E-state index >= 15 is 0 Å². The lowest BCUT2D eigenvalue weighted by atomic mass is 9.98. The average molecular weight is 674 g/mol. The number of aliphatic hydroxyl groups excluding tert-OH is 2. The van der Waals surface area contributed by atoms with Gasteiger partial charge in [-0.3, -0.25) is 4.90 Å². The van der Waals surface area contributed by atoms with Crippen molar-refractivity contribution < 1.29 is 29.2 Å². The van der Waals surface area contributed by atoms with E-state index in [1.54, 1.807) is 24.3 Å². The van der Waals surface area contributed by atoms with Crippen LogP contribution in [0, 0.1) is 0 Å². The second-order valence-electron chi connectivity index (χ2n) is 12.5. The highest BCUT2D eigenvalue weighted by Crippen LogP contribution is 2.39. The number of benzene rings is 5. The van der Waals surface area contributed by atoms with Crippen molar-refractivity contribution in [3.8, 4) is 11.5 Å². The number of urea groups is 1. The van der Waals surface area contributed by atoms with Crippen molar-refractivity contribution >= 4 is 17.4 Å². The molecule has 9 nitrogen and oxygen atoms in total. The predicted molar refractivity (Wildman–Crippen MR) is 194 cm³/mol. The summed E-state index contributed by atoms with van der Waals surface area (Å²) in [6.45, 7) is 2.53. The Morgan fingerprint density at radius 3 is 2.16 bits per heavy atom. The molecule has 0 bridgehead atoms. The zero-order valence-corrected chi connectivity index (χ0v) is 28.2. The van der Waals surface area contributed by atoms with Gasteiger partial charge in [0.15, 0.2) is 6.29 Å². The van der Waals surface area contributed by atoms with Crippen LogP contribution < -0.4 is 15.4 Å². The van der Waals surface area contributed by atoms with Crippen LogP contribution in [0.4, 0.5) is 16.2 Å². The zero-order chi connectivity index (χ0) is 34.9. The molecule has 5 aromatic rings. The fourth-order valence-corrected chi connectivity index (χ4v) is 5.98. The van der Waals surface area contributed by atoms with E-state index in [-0.39, 0.29) is 24.9 Å². The summed E-state index contributed by atoms with van der Waals surface area (Å²) in [5, 5.41) is 26.4. The van der Waals surface area contributed by atoms with Crippen molar-refractivity contribution in [1.29, 1.82) is 0 Å². The molecular weight excluding hydrogens is 630 g/mol. The van der Waals surface area contributed by atoms with Gasteiger partial charge in [-0.15, -0.1) is 0 Å². The lowest BCUT2D eigenvalue weighted by Gasteiger charge is -2.39. The number of aliphatic hydroxyl groups is 2. The molecule has 2 amide bonds. The maximum Gasteiger partial charge on any atom is 0.323 e. The van der Waals surface area contributed by atoms with E-state index in [1.807, 2.05) is 123 Å². The van der Waals surface area contributed by atoms with Crippen LogP contribution in [0.25, 0.3) is 0 Å². The van der Waals surface area contributed by atoms with Crippen LogP contribution in [0.3, 0.4) is 0 Å². The van der Waals surface area contributed by atoms with E-state index in [1.165, 1.54) is 0 Å². The van der Waals surface area contributed by atoms with Crippen LogP contribution in [-0.4, -0.2) is 46.9 Å². The van der Waals surface area contributed by atoms with Crippen molar-refractivity contribution in [3.63, 3.8) is 0 Å². The highest BCUT2D eigenvalue weighted by Gasteiger charge is 2.34. The second kappa shape index (κ2) is 16.6. The average Bonchev–Trinajstić information content (AvgIpc) is 3.15. The van der Waals surface area contributed by atoms with E-state index in [4.69, 9.17) is 14.2 Å². The molecule has 0 saturated carbocycles. The SMILES string of the molecule is C[C@@H]([C@H](O)c1ccccc1)N(C)C[C@@H]1C[C@H](c2ccc(CO)cc2)O[C@H](c2cccc(NC(=O)Nc3ccc(Oc4ccccc4)cc3)c2)O1. The lowest BCUT2D eigenvalue weighted by Crippen LogP contribution is -2.43. The summed E-state index contributed by atoms with van der Waals surface area (Å²) in [5.41, 5.74) is 4.62. The summed E-state index contributed by atoms with van der Waals surface area (Å²) in [6.07, 6.45) is -1.26. The van der Waals surface area contributed by atoms with Gasteiger partial charge in [0, 0.05) is 35.9 Å². The fraction of sp³-hybridized carbons (Fsp3) is 0.244. The number of hydrogen-bond acceptors (Lipinski definition) is 7. The van der Waals surface area contributed by atoms with E-state index in [2.05, 4.69) is 15.5 Å². The third-order valence-electron chi connectivity index (χ3n) is 8.91. The van der Waals surface area contributed by atoms with Crippen molar-refractivity contribution in [2.45, 2.75) is 50.6 Å². The number of likely N-dealkylation sites (N-methyl/N-ethyl adjacent to an activating group) is 1. The zero-order valence-electron chi connectivity index (χ0n) is 28.2. The normalized spacial score (nSPS) is 18.6. The Bertz CT molecular complexity index is 1800. The van der Waals surface area contributed by atoms with E-state index < -0.39 is 18.4 Å². The fourth-order valence-electron chi connectivity index (χ4n) is 5.98. The molecule has 1 aliphatic rings. The van der Waals surface area contributed by atoms with Crippen LogP contribution in [-0.2, 0) is 16.1 Å². The summed E-state index contributed by atoms with van der Waals surface area (Å²) >= 11 is 0. The minimum Gasteiger partial charge on any atom is -0.457 e. The highest BCUT2D eigenvalue weighted by atomic mass is 16.7. The van der Waals surface area contributed by atoms with Crippen LogP contribution >= 0.6 is 0 Å². The molecule has 1 aliphatic heterocycles. The molecule has 0 aliphatic carbocycles. The Kier molecular flexibility index (Phi) is 11.5. The molecule has 6 rings (SSSR count). The van der Waals surface area contributed by atoms with Crippen LogP contribution in [0.15, 0.2) is 133 Å². The van der Waals surface area contributed by atoms with Gasteiger partial charge in [0.05, 0.1) is 24.9 Å². The number of rotatable bonds is 12. The highest BCUT2D eigenvalue weighted by molar-refractivity contribution is 5.99. The summed E-state index contributed by atoms with van der Waals surface area (Å²) in [7, 11) is 1.99. The molecule has 5 atom stereocenters. The molecule has 0 unspecified atom stereocenters. The van der Waals surface area contributed by atoms with Gasteiger partial charge in [0.25, 0.3) is 0 Å². The molecule has 0 radical (unpaired) electrons. The molecule has 1 saturated heterocycles. The van der Waals surface area contributed by atoms with Crippen molar-refractivity contribution in [2.24, 2.45) is 0 Å². The van der Waals surface area contributed by atoms with Crippen LogP contribution in [0.2, 0.25) is 0 Å². The maximum atomic E-state index is 13.0. The number of carbonyl (C=O) groups excluding carboxylic acids is 1. The molecule has 4 N–H and O–H groups in total. The van der Waals surface area contributed by atoms with E-state index in [9.17, 15) is 15.0 Å². The predicted octanol–water partition coefficient (Wildman–Crippen LogP) is 8.21. The van der Waals surface area contributed by atoms with Gasteiger partial charge in [-0.25, -0.2) is 4.79 Å². The number of anilines is 2. The van der Waals surface area contributed by atoms with Gasteiger partial charge in [-0.2, -0.15) is 0 Å². The first kappa shape index (κ1) is 34.8. The first-order valence-electron chi connectivity index (χ1n) is 16.8. The monoisotopic (exact) mass is 673 g/mol. The third-order valence-corrected chi connectivity index (χ3v) is 8.91. The number of nitrogens with one attached hydrogen (secondary N) is 2. The summed E-state index contributed by atoms with van der Waals surface area (Å²) in [6, 6.07) is 40.9. The summed E-state index contributed by atoms with van der Waals surface area (Å²) < 4.78 is 18.9. The molecule has 1 heterocycles. The standard InChI is InChI=1S/C41H43N3O6/c1-28(39(46)31-10-5-3-6-11-31)44(2)26-37-25-38(30-18-16-29(27-45)17-19-30)50-40(49-37)32-12-9-13-34(24-32)43-41(47)42-33-20-22-36(23-21-33)48-35-14-7-4-8-15-35/h3-24,28,37-40,45-46H,25-27H2,1-2H3,(H2,42,43,47)/t28-,37-,38+,39-,40+/m0/s1. The molecule has 0 aromatic heterocycles. The Morgan fingerprint density at radius 2 is 1.46 bits per heavy atom. The third kappa shape index (κ3) is 9.15. The Hall–Kier alpha value is -5.03. The minimum atomic E-state index is -0.707. The van der Waals surface area contributed by atoms with Crippen molar-refractivity contribution in [3.05, 3.63) is 156 Å². The Labute approximate surface area is 293 Å². The molecule has 1 fully saturated rings. The van der Waals surface area contributed by atoms with Crippen molar-refractivity contribution in [1.82, 2.24) is 4.90 Å². The number of para-hydroxylation sites is 1. The maximum absolute atomic E-state index is 13.0. The van der Waals surface area contributed by atoms with Crippen molar-refractivity contribution in [2.75, 3.05) is 24.2 Å². The quantitative estimate of drug-likeness (QED) is 0.106. The number of hydrogen-bond donors (Lipinski definition) is 4. The van der Waals surface area contributed by atoms with Gasteiger partial charge in [-0.1, -0.05) is 84.9 Å². The van der Waals surface area contributed by atoms with Gasteiger partial charge >= 0.3 is 6.03 Å². The first-order chi connectivity index (χ1) is 24.3.